The summed E-state index contributed by atoms with van der Waals surface area (Å²) in [7, 11) is 0. The molecule has 5 heteroatoms. The Balaban J connectivity index is 1.95. The first-order valence-corrected chi connectivity index (χ1v) is 8.57. The zero-order valence-corrected chi connectivity index (χ0v) is 14.8. The number of rotatable bonds is 2. The highest BCUT2D eigenvalue weighted by atomic mass is 16.6. The fourth-order valence-electron chi connectivity index (χ4n) is 3.43. The molecule has 1 amide bonds. The van der Waals surface area contributed by atoms with E-state index in [4.69, 9.17) is 9.47 Å². The number of hydrogen-bond acceptors (Lipinski definition) is 4. The first kappa shape index (κ1) is 17.5. The summed E-state index contributed by atoms with van der Waals surface area (Å²) in [5.41, 5.74) is -0.545. The van der Waals surface area contributed by atoms with E-state index in [-0.39, 0.29) is 11.7 Å². The molecule has 1 N–H and O–H groups in total. The number of nitrogens with one attached hydrogen (secondary N) is 1. The molecule has 2 saturated heterocycles. The van der Waals surface area contributed by atoms with Crippen LogP contribution in [0.3, 0.4) is 0 Å². The fourth-order valence-corrected chi connectivity index (χ4v) is 3.43. The van der Waals surface area contributed by atoms with Gasteiger partial charge in [-0.2, -0.15) is 0 Å². The Bertz CT molecular complexity index is 382. The Labute approximate surface area is 134 Å². The number of carbonyl (C=O) groups is 1. The number of likely N-dealkylation sites (tertiary alicyclic amines) is 1. The Hall–Kier alpha value is -0.810. The Kier molecular flexibility index (Phi) is 5.38. The molecule has 0 aromatic heterocycles. The van der Waals surface area contributed by atoms with E-state index >= 15 is 0 Å². The summed E-state index contributed by atoms with van der Waals surface area (Å²) in [5.74, 6) is 0.639. The van der Waals surface area contributed by atoms with Gasteiger partial charge in [-0.15, -0.1) is 0 Å². The predicted octanol–water partition coefficient (Wildman–Crippen LogP) is 2.79. The molecular formula is C17H32N2O3. The summed E-state index contributed by atoms with van der Waals surface area (Å²) in [6.07, 6.45) is 2.69. The summed E-state index contributed by atoms with van der Waals surface area (Å²) >= 11 is 0. The van der Waals surface area contributed by atoms with Gasteiger partial charge in [0.05, 0.1) is 12.2 Å². The third kappa shape index (κ3) is 4.35. The molecule has 0 aromatic carbocycles. The van der Waals surface area contributed by atoms with Crippen LogP contribution >= 0.6 is 0 Å². The van der Waals surface area contributed by atoms with Gasteiger partial charge in [0.25, 0.3) is 0 Å². The van der Waals surface area contributed by atoms with Crippen LogP contribution in [0.5, 0.6) is 0 Å². The molecule has 0 radical (unpaired) electrons. The van der Waals surface area contributed by atoms with Crippen LogP contribution in [-0.2, 0) is 9.47 Å². The van der Waals surface area contributed by atoms with Crippen molar-refractivity contribution in [3.63, 3.8) is 0 Å². The second-order valence-electron chi connectivity index (χ2n) is 8.02. The molecule has 2 aliphatic rings. The number of morpholine rings is 1. The van der Waals surface area contributed by atoms with Gasteiger partial charge in [-0.05, 0) is 46.0 Å². The van der Waals surface area contributed by atoms with Crippen molar-refractivity contribution in [3.8, 4) is 0 Å². The van der Waals surface area contributed by atoms with Gasteiger partial charge in [0.1, 0.15) is 5.60 Å². The third-order valence-electron chi connectivity index (χ3n) is 4.49. The van der Waals surface area contributed by atoms with Crippen LogP contribution in [0, 0.1) is 5.92 Å². The van der Waals surface area contributed by atoms with Gasteiger partial charge in [0.2, 0.25) is 0 Å². The van der Waals surface area contributed by atoms with Crippen molar-refractivity contribution in [3.05, 3.63) is 0 Å². The number of piperidine rings is 1. The lowest BCUT2D eigenvalue weighted by Crippen LogP contribution is -2.62. The maximum absolute atomic E-state index is 12.2. The predicted molar refractivity (Wildman–Crippen MR) is 87.0 cm³/mol. The summed E-state index contributed by atoms with van der Waals surface area (Å²) < 4.78 is 11.7. The molecule has 0 aliphatic carbocycles. The lowest BCUT2D eigenvalue weighted by Gasteiger charge is -2.49. The van der Waals surface area contributed by atoms with Gasteiger partial charge in [0, 0.05) is 25.7 Å². The zero-order chi connectivity index (χ0) is 16.4. The highest BCUT2D eigenvalue weighted by Gasteiger charge is 2.45. The first-order chi connectivity index (χ1) is 10.2. The second-order valence-corrected chi connectivity index (χ2v) is 8.02. The summed E-state index contributed by atoms with van der Waals surface area (Å²) in [5, 5.41) is 3.63. The minimum absolute atomic E-state index is 0.110. The van der Waals surface area contributed by atoms with Gasteiger partial charge < -0.3 is 19.7 Å². The van der Waals surface area contributed by atoms with E-state index < -0.39 is 5.60 Å². The van der Waals surface area contributed by atoms with Crippen molar-refractivity contribution >= 4 is 6.09 Å². The van der Waals surface area contributed by atoms with Crippen LogP contribution < -0.4 is 5.32 Å². The van der Waals surface area contributed by atoms with Crippen LogP contribution in [0.1, 0.15) is 53.9 Å². The molecule has 1 atom stereocenters. The fraction of sp³-hybridized carbons (Fsp3) is 0.941. The lowest BCUT2D eigenvalue weighted by atomic mass is 9.79. The molecule has 0 aromatic rings. The monoisotopic (exact) mass is 312 g/mol. The molecular weight excluding hydrogens is 280 g/mol. The molecule has 22 heavy (non-hydrogen) atoms. The van der Waals surface area contributed by atoms with Crippen molar-refractivity contribution in [2.45, 2.75) is 71.1 Å². The van der Waals surface area contributed by atoms with E-state index in [9.17, 15) is 4.79 Å². The van der Waals surface area contributed by atoms with Crippen molar-refractivity contribution in [2.75, 3.05) is 26.2 Å². The summed E-state index contributed by atoms with van der Waals surface area (Å²) in [6.45, 7) is 13.3. The van der Waals surface area contributed by atoms with E-state index in [1.807, 2.05) is 25.7 Å². The largest absolute Gasteiger partial charge is 0.444 e. The molecule has 0 bridgehead atoms. The second kappa shape index (κ2) is 6.75. The highest BCUT2D eigenvalue weighted by molar-refractivity contribution is 5.68. The van der Waals surface area contributed by atoms with Crippen LogP contribution in [0.15, 0.2) is 0 Å². The van der Waals surface area contributed by atoms with E-state index in [0.29, 0.717) is 25.0 Å². The highest BCUT2D eigenvalue weighted by Crippen LogP contribution is 2.35. The SMILES string of the molecule is CC(C)CC1NCCOC12CCN(C(=O)OC(C)(C)C)CC2. The third-order valence-corrected chi connectivity index (χ3v) is 4.49. The van der Waals surface area contributed by atoms with E-state index in [0.717, 1.165) is 32.4 Å². The molecule has 2 heterocycles. The minimum atomic E-state index is -0.435. The Morgan fingerprint density at radius 2 is 2.00 bits per heavy atom. The minimum Gasteiger partial charge on any atom is -0.444 e. The van der Waals surface area contributed by atoms with Crippen molar-refractivity contribution in [1.82, 2.24) is 10.2 Å². The Morgan fingerprint density at radius 1 is 1.36 bits per heavy atom. The van der Waals surface area contributed by atoms with Gasteiger partial charge in [-0.3, -0.25) is 0 Å². The number of carbonyl (C=O) groups excluding carboxylic acids is 1. The molecule has 2 fully saturated rings. The maximum atomic E-state index is 12.2. The Morgan fingerprint density at radius 3 is 2.55 bits per heavy atom. The van der Waals surface area contributed by atoms with Gasteiger partial charge in [-0.1, -0.05) is 13.8 Å². The molecule has 1 unspecified atom stereocenters. The zero-order valence-electron chi connectivity index (χ0n) is 14.8. The smallest absolute Gasteiger partial charge is 0.410 e. The van der Waals surface area contributed by atoms with Crippen LogP contribution in [-0.4, -0.2) is 54.5 Å². The van der Waals surface area contributed by atoms with E-state index in [1.165, 1.54) is 0 Å². The number of hydrogen-bond donors (Lipinski definition) is 1. The lowest BCUT2D eigenvalue weighted by molar-refractivity contribution is -0.130. The van der Waals surface area contributed by atoms with Gasteiger partial charge >= 0.3 is 6.09 Å². The van der Waals surface area contributed by atoms with E-state index in [1.54, 1.807) is 0 Å². The summed E-state index contributed by atoms with van der Waals surface area (Å²) in [4.78, 5) is 14.0. The first-order valence-electron chi connectivity index (χ1n) is 8.57. The van der Waals surface area contributed by atoms with Crippen LogP contribution in [0.25, 0.3) is 0 Å². The van der Waals surface area contributed by atoms with Crippen molar-refractivity contribution in [1.29, 1.82) is 0 Å². The molecule has 0 saturated carbocycles. The average Bonchev–Trinajstić information content (AvgIpc) is 2.40. The molecule has 2 aliphatic heterocycles. The molecule has 2 rings (SSSR count). The normalized spacial score (nSPS) is 25.5. The summed E-state index contributed by atoms with van der Waals surface area (Å²) in [6, 6.07) is 0.391. The molecule has 5 nitrogen and oxygen atoms in total. The number of nitrogens with zero attached hydrogens (tertiary/aromatic N) is 1. The number of amides is 1. The topological polar surface area (TPSA) is 50.8 Å². The van der Waals surface area contributed by atoms with Gasteiger partial charge in [0.15, 0.2) is 0 Å². The number of ether oxygens (including phenoxy) is 2. The van der Waals surface area contributed by atoms with Crippen LogP contribution in [0.2, 0.25) is 0 Å². The van der Waals surface area contributed by atoms with E-state index in [2.05, 4.69) is 19.2 Å². The standard InChI is InChI=1S/C17H32N2O3/c1-13(2)12-14-17(21-11-8-18-14)6-9-19(10-7-17)15(20)22-16(3,4)5/h13-14,18H,6-12H2,1-5H3. The van der Waals surface area contributed by atoms with Crippen molar-refractivity contribution in [2.24, 2.45) is 5.92 Å². The average molecular weight is 312 g/mol. The maximum Gasteiger partial charge on any atom is 0.410 e. The van der Waals surface area contributed by atoms with Gasteiger partial charge in [-0.25, -0.2) is 4.79 Å². The van der Waals surface area contributed by atoms with Crippen LogP contribution in [0.4, 0.5) is 4.79 Å². The quantitative estimate of drug-likeness (QED) is 0.852. The molecule has 128 valence electrons. The molecule has 1 spiro atoms. The van der Waals surface area contributed by atoms with Crippen molar-refractivity contribution < 1.29 is 14.3 Å².